The summed E-state index contributed by atoms with van der Waals surface area (Å²) in [6.45, 7) is 9.03. The third kappa shape index (κ3) is 4.52. The number of amides is 1. The van der Waals surface area contributed by atoms with E-state index in [2.05, 4.69) is 84.7 Å². The van der Waals surface area contributed by atoms with E-state index in [0.29, 0.717) is 17.9 Å². The number of fused-ring (bicyclic) bond motifs is 2. The average Bonchev–Trinajstić information content (AvgIpc) is 3.57. The van der Waals surface area contributed by atoms with Crippen molar-refractivity contribution in [3.05, 3.63) is 112 Å². The van der Waals surface area contributed by atoms with Gasteiger partial charge in [0.2, 0.25) is 0 Å². The molecule has 3 aliphatic rings. The van der Waals surface area contributed by atoms with Crippen LogP contribution in [0.1, 0.15) is 89.7 Å². The summed E-state index contributed by atoms with van der Waals surface area (Å²) in [5, 5.41) is 3.16. The maximum absolute atomic E-state index is 13.0. The van der Waals surface area contributed by atoms with Gasteiger partial charge >= 0.3 is 0 Å². The number of hydrogen-bond acceptors (Lipinski definition) is 2. The van der Waals surface area contributed by atoms with Crippen LogP contribution in [0.5, 0.6) is 0 Å². The molecule has 2 aliphatic carbocycles. The second-order valence-corrected chi connectivity index (χ2v) is 11.9. The zero-order valence-corrected chi connectivity index (χ0v) is 23.0. The fraction of sp³-hybridized carbons (Fsp3) is 0.400. The predicted octanol–water partition coefficient (Wildman–Crippen LogP) is 7.43. The number of piperidine rings is 1. The Morgan fingerprint density at radius 3 is 2.61 bits per heavy atom. The molecule has 3 heteroatoms. The van der Waals surface area contributed by atoms with Crippen LogP contribution >= 0.6 is 0 Å². The van der Waals surface area contributed by atoms with Crippen LogP contribution in [0.25, 0.3) is 6.08 Å². The summed E-state index contributed by atoms with van der Waals surface area (Å²) >= 11 is 0. The molecule has 1 spiro atoms. The molecular weight excluding hydrogens is 464 g/mol. The van der Waals surface area contributed by atoms with Crippen LogP contribution < -0.4 is 5.32 Å². The van der Waals surface area contributed by atoms with Gasteiger partial charge in [0.05, 0.1) is 6.04 Å². The van der Waals surface area contributed by atoms with Crippen molar-refractivity contribution < 1.29 is 4.79 Å². The molecule has 0 bridgehead atoms. The molecule has 196 valence electrons. The number of hydrogen-bond donors (Lipinski definition) is 1. The summed E-state index contributed by atoms with van der Waals surface area (Å²) in [7, 11) is 0. The molecule has 6 rings (SSSR count). The zero-order valence-electron chi connectivity index (χ0n) is 23.0. The highest BCUT2D eigenvalue weighted by Gasteiger charge is 2.45. The van der Waals surface area contributed by atoms with Crippen LogP contribution in [0.3, 0.4) is 0 Å². The maximum Gasteiger partial charge on any atom is 0.251 e. The monoisotopic (exact) mass is 504 g/mol. The Labute approximate surface area is 228 Å². The third-order valence-electron chi connectivity index (χ3n) is 9.76. The van der Waals surface area contributed by atoms with Crippen molar-refractivity contribution in [1.29, 1.82) is 0 Å². The van der Waals surface area contributed by atoms with Gasteiger partial charge in [0.25, 0.3) is 5.91 Å². The first kappa shape index (κ1) is 25.1. The summed E-state index contributed by atoms with van der Waals surface area (Å²) in [4.78, 5) is 15.7. The van der Waals surface area contributed by atoms with Gasteiger partial charge in [0.15, 0.2) is 0 Å². The van der Waals surface area contributed by atoms with E-state index in [0.717, 1.165) is 11.1 Å². The van der Waals surface area contributed by atoms with E-state index < -0.39 is 0 Å². The maximum atomic E-state index is 13.0. The normalized spacial score (nSPS) is 27.4. The molecule has 38 heavy (non-hydrogen) atoms. The van der Waals surface area contributed by atoms with Gasteiger partial charge in [-0.15, -0.1) is 0 Å². The van der Waals surface area contributed by atoms with Crippen molar-refractivity contribution >= 4 is 12.0 Å². The summed E-state index contributed by atoms with van der Waals surface area (Å²) in [5.41, 5.74) is 7.71. The predicted molar refractivity (Wildman–Crippen MR) is 156 cm³/mol. The Hall–Kier alpha value is -3.17. The summed E-state index contributed by atoms with van der Waals surface area (Å²) in [6.07, 6.45) is 9.80. The van der Waals surface area contributed by atoms with Crippen molar-refractivity contribution in [1.82, 2.24) is 10.2 Å². The standard InChI is InChI=1S/C35H40N2O/c1-24-21-30(34(38)36-26(3)27-9-5-4-6-10-27)14-16-32(24)29-13-15-31(22-29)37-20-19-35(25(2)23-37)18-17-28-11-7-8-12-33(28)35/h4-12,14,16-18,21,25-26,29,31H,13,15,19-20,22-23H2,1-3H3,(H,36,38). The molecule has 1 saturated heterocycles. The van der Waals surface area contributed by atoms with Crippen LogP contribution in [0.2, 0.25) is 0 Å². The Kier molecular flexibility index (Phi) is 6.74. The van der Waals surface area contributed by atoms with Gasteiger partial charge in [0, 0.05) is 23.6 Å². The van der Waals surface area contributed by atoms with E-state index in [1.165, 1.54) is 61.0 Å². The number of allylic oxidation sites excluding steroid dienone is 1. The minimum atomic E-state index is -0.0152. The lowest BCUT2D eigenvalue weighted by atomic mass is 9.68. The van der Waals surface area contributed by atoms with Gasteiger partial charge in [-0.25, -0.2) is 0 Å². The van der Waals surface area contributed by atoms with Crippen molar-refractivity contribution in [2.75, 3.05) is 13.1 Å². The number of nitrogens with one attached hydrogen (secondary N) is 1. The summed E-state index contributed by atoms with van der Waals surface area (Å²) in [6, 6.07) is 26.1. The highest BCUT2D eigenvalue weighted by Crippen LogP contribution is 2.48. The molecule has 0 aromatic heterocycles. The van der Waals surface area contributed by atoms with E-state index in [1.807, 2.05) is 31.2 Å². The van der Waals surface area contributed by atoms with Gasteiger partial charge in [0.1, 0.15) is 0 Å². The Morgan fingerprint density at radius 2 is 1.82 bits per heavy atom. The largest absolute Gasteiger partial charge is 0.346 e. The lowest BCUT2D eigenvalue weighted by Gasteiger charge is -2.46. The number of nitrogens with zero attached hydrogens (tertiary/aromatic N) is 1. The SMILES string of the molecule is Cc1cc(C(=O)NC(C)c2ccccc2)ccc1C1CCC(N2CCC3(C=Cc4ccccc43)C(C)C2)C1. The molecule has 1 aliphatic heterocycles. The van der Waals surface area contributed by atoms with Crippen molar-refractivity contribution in [2.24, 2.45) is 5.92 Å². The highest BCUT2D eigenvalue weighted by atomic mass is 16.1. The molecule has 3 nitrogen and oxygen atoms in total. The number of benzene rings is 3. The van der Waals surface area contributed by atoms with Crippen LogP contribution in [-0.2, 0) is 5.41 Å². The lowest BCUT2D eigenvalue weighted by Crippen LogP contribution is -2.50. The van der Waals surface area contributed by atoms with E-state index in [4.69, 9.17) is 0 Å². The van der Waals surface area contributed by atoms with Gasteiger partial charge < -0.3 is 10.2 Å². The number of rotatable bonds is 5. The molecule has 1 amide bonds. The molecule has 5 unspecified atom stereocenters. The Bertz CT molecular complexity index is 1350. The van der Waals surface area contributed by atoms with E-state index in [9.17, 15) is 4.79 Å². The first-order valence-electron chi connectivity index (χ1n) is 14.4. The van der Waals surface area contributed by atoms with Crippen LogP contribution in [0, 0.1) is 12.8 Å². The van der Waals surface area contributed by atoms with Crippen molar-refractivity contribution in [3.63, 3.8) is 0 Å². The lowest BCUT2D eigenvalue weighted by molar-refractivity contribution is 0.0898. The Balaban J connectivity index is 1.09. The van der Waals surface area contributed by atoms with Gasteiger partial charge in [-0.3, -0.25) is 4.79 Å². The van der Waals surface area contributed by atoms with E-state index >= 15 is 0 Å². The fourth-order valence-electron chi connectivity index (χ4n) is 7.51. The number of likely N-dealkylation sites (tertiary alicyclic amines) is 1. The Morgan fingerprint density at radius 1 is 1.03 bits per heavy atom. The summed E-state index contributed by atoms with van der Waals surface area (Å²) < 4.78 is 0. The number of carbonyl (C=O) groups is 1. The smallest absolute Gasteiger partial charge is 0.251 e. The van der Waals surface area contributed by atoms with Gasteiger partial charge in [-0.05, 0) is 97.9 Å². The second-order valence-electron chi connectivity index (χ2n) is 11.9. The highest BCUT2D eigenvalue weighted by molar-refractivity contribution is 5.94. The molecule has 0 radical (unpaired) electrons. The van der Waals surface area contributed by atoms with Crippen LogP contribution in [-0.4, -0.2) is 29.9 Å². The summed E-state index contributed by atoms with van der Waals surface area (Å²) in [5.74, 6) is 1.20. The van der Waals surface area contributed by atoms with E-state index in [-0.39, 0.29) is 17.4 Å². The van der Waals surface area contributed by atoms with Crippen molar-refractivity contribution in [2.45, 2.75) is 69.9 Å². The molecule has 1 heterocycles. The third-order valence-corrected chi connectivity index (χ3v) is 9.76. The zero-order chi connectivity index (χ0) is 26.3. The van der Waals surface area contributed by atoms with E-state index in [1.54, 1.807) is 0 Å². The van der Waals surface area contributed by atoms with Gasteiger partial charge in [-0.1, -0.05) is 79.7 Å². The van der Waals surface area contributed by atoms with Crippen molar-refractivity contribution in [3.8, 4) is 0 Å². The molecule has 2 fully saturated rings. The molecule has 5 atom stereocenters. The molecule has 3 aromatic carbocycles. The first-order valence-corrected chi connectivity index (χ1v) is 14.4. The number of aryl methyl sites for hydroxylation is 1. The number of carbonyl (C=O) groups excluding carboxylic acids is 1. The second kappa shape index (κ2) is 10.2. The van der Waals surface area contributed by atoms with Crippen LogP contribution in [0.15, 0.2) is 78.9 Å². The molecular formula is C35H40N2O. The minimum absolute atomic E-state index is 0.000860. The first-order chi connectivity index (χ1) is 18.4. The molecule has 3 aromatic rings. The quantitative estimate of drug-likeness (QED) is 0.392. The molecule has 1 N–H and O–H groups in total. The van der Waals surface area contributed by atoms with Gasteiger partial charge in [-0.2, -0.15) is 0 Å². The minimum Gasteiger partial charge on any atom is -0.346 e. The van der Waals surface area contributed by atoms with Crippen LogP contribution in [0.4, 0.5) is 0 Å². The topological polar surface area (TPSA) is 32.3 Å². The average molecular weight is 505 g/mol. The fourth-order valence-corrected chi connectivity index (χ4v) is 7.51. The molecule has 1 saturated carbocycles.